The first-order valence-electron chi connectivity index (χ1n) is 10.2. The molecule has 0 amide bonds. The summed E-state index contributed by atoms with van der Waals surface area (Å²) in [7, 11) is 0. The van der Waals surface area contributed by atoms with Crippen LogP contribution in [0.1, 0.15) is 52.0 Å². The average Bonchev–Trinajstić information content (AvgIpc) is 3.18. The number of benzene rings is 2. The number of H-pyrrole nitrogens is 1. The Balaban J connectivity index is 1.71. The van der Waals surface area contributed by atoms with Crippen LogP contribution in [0.2, 0.25) is 0 Å². The number of fused-ring (bicyclic) bond motifs is 6. The predicted molar refractivity (Wildman–Crippen MR) is 118 cm³/mol. The molecule has 2 aromatic carbocycles. The van der Waals surface area contributed by atoms with Crippen molar-refractivity contribution in [3.05, 3.63) is 64.3 Å². The number of nitrogens with zero attached hydrogens (tertiary/aromatic N) is 1. The summed E-state index contributed by atoms with van der Waals surface area (Å²) >= 11 is 3.43. The summed E-state index contributed by atoms with van der Waals surface area (Å²) in [5, 5.41) is 11.1. The third-order valence-electron chi connectivity index (χ3n) is 6.28. The molecule has 2 heterocycles. The van der Waals surface area contributed by atoms with Gasteiger partial charge in [-0.15, -0.1) is 0 Å². The molecule has 1 aliphatic heterocycles. The number of halogens is 1. The highest BCUT2D eigenvalue weighted by Crippen LogP contribution is 2.50. The van der Waals surface area contributed by atoms with Crippen molar-refractivity contribution < 1.29 is 14.3 Å². The van der Waals surface area contributed by atoms with E-state index in [1.54, 1.807) is 6.07 Å². The topological polar surface area (TPSA) is 75.1 Å². The predicted octanol–water partition coefficient (Wildman–Crippen LogP) is 4.84. The lowest BCUT2D eigenvalue weighted by molar-refractivity contribution is 0.0601. The summed E-state index contributed by atoms with van der Waals surface area (Å²) in [5.41, 5.74) is 4.53. The van der Waals surface area contributed by atoms with Gasteiger partial charge in [-0.1, -0.05) is 22.0 Å². The fourth-order valence-electron chi connectivity index (χ4n) is 4.82. The highest BCUT2D eigenvalue weighted by molar-refractivity contribution is 9.09. The lowest BCUT2D eigenvalue weighted by Crippen LogP contribution is -2.40. The zero-order chi connectivity index (χ0) is 20.7. The number of hydrogen-bond donors (Lipinski definition) is 1. The lowest BCUT2D eigenvalue weighted by atomic mass is 9.64. The van der Waals surface area contributed by atoms with Crippen LogP contribution in [0.15, 0.2) is 36.4 Å². The van der Waals surface area contributed by atoms with Crippen molar-refractivity contribution in [1.29, 1.82) is 5.26 Å². The monoisotopic (exact) mass is 464 g/mol. The van der Waals surface area contributed by atoms with Gasteiger partial charge in [0.15, 0.2) is 5.78 Å². The summed E-state index contributed by atoms with van der Waals surface area (Å²) in [6, 6.07) is 13.5. The molecule has 2 aliphatic rings. The quantitative estimate of drug-likeness (QED) is 0.442. The fourth-order valence-corrected chi connectivity index (χ4v) is 5.05. The smallest absolute Gasteiger partial charge is 0.195 e. The first-order valence-corrected chi connectivity index (χ1v) is 11.3. The Morgan fingerprint density at radius 3 is 2.80 bits per heavy atom. The van der Waals surface area contributed by atoms with Gasteiger partial charge in [-0.3, -0.25) is 4.79 Å². The zero-order valence-corrected chi connectivity index (χ0v) is 18.0. The first kappa shape index (κ1) is 19.3. The number of hydrogen-bond acceptors (Lipinski definition) is 4. The number of ether oxygens (including phenoxy) is 2. The minimum Gasteiger partial charge on any atom is -0.494 e. The van der Waals surface area contributed by atoms with E-state index in [-0.39, 0.29) is 11.2 Å². The van der Waals surface area contributed by atoms with Gasteiger partial charge < -0.3 is 14.5 Å². The maximum Gasteiger partial charge on any atom is 0.195 e. The van der Waals surface area contributed by atoms with E-state index in [4.69, 9.17) is 9.47 Å². The number of carbonyl (C=O) groups excluding carboxylic acids is 1. The van der Waals surface area contributed by atoms with E-state index < -0.39 is 0 Å². The molecule has 0 radical (unpaired) electrons. The Kier molecular flexibility index (Phi) is 4.88. The Morgan fingerprint density at radius 1 is 1.20 bits per heavy atom. The molecule has 1 saturated heterocycles. The van der Waals surface area contributed by atoms with Crippen molar-refractivity contribution >= 4 is 32.6 Å². The third kappa shape index (κ3) is 2.88. The minimum atomic E-state index is -0.322. The normalized spacial score (nSPS) is 16.9. The average molecular weight is 465 g/mol. The van der Waals surface area contributed by atoms with Crippen LogP contribution in [0.4, 0.5) is 0 Å². The lowest BCUT2D eigenvalue weighted by Gasteiger charge is -2.41. The van der Waals surface area contributed by atoms with Crippen LogP contribution < -0.4 is 4.74 Å². The van der Waals surface area contributed by atoms with E-state index in [2.05, 4.69) is 27.0 Å². The van der Waals surface area contributed by atoms with Gasteiger partial charge in [-0.2, -0.15) is 5.26 Å². The van der Waals surface area contributed by atoms with Crippen LogP contribution >= 0.6 is 15.9 Å². The second-order valence-electron chi connectivity index (χ2n) is 7.87. The van der Waals surface area contributed by atoms with Gasteiger partial charge in [0.05, 0.1) is 23.8 Å². The molecule has 0 unspecified atom stereocenters. The Hall–Kier alpha value is -2.62. The van der Waals surface area contributed by atoms with Crippen molar-refractivity contribution in [3.8, 4) is 11.8 Å². The molecular weight excluding hydrogens is 444 g/mol. The van der Waals surface area contributed by atoms with Crippen LogP contribution in [0.5, 0.6) is 5.75 Å². The summed E-state index contributed by atoms with van der Waals surface area (Å²) < 4.78 is 11.6. The Bertz CT molecular complexity index is 1190. The molecule has 152 valence electrons. The highest BCUT2D eigenvalue weighted by atomic mass is 79.9. The maximum atomic E-state index is 13.6. The number of alkyl halides is 1. The number of ketones is 1. The third-order valence-corrected chi connectivity index (χ3v) is 6.84. The van der Waals surface area contributed by atoms with E-state index >= 15 is 0 Å². The van der Waals surface area contributed by atoms with E-state index in [9.17, 15) is 10.1 Å². The molecule has 1 N–H and O–H groups in total. The summed E-state index contributed by atoms with van der Waals surface area (Å²) in [5.74, 6) is 0.819. The number of carbonyl (C=O) groups is 1. The summed E-state index contributed by atoms with van der Waals surface area (Å²) in [6.45, 7) is 1.91. The van der Waals surface area contributed by atoms with Crippen molar-refractivity contribution in [2.75, 3.05) is 25.2 Å². The molecule has 0 bridgehead atoms. The van der Waals surface area contributed by atoms with Crippen LogP contribution in [-0.2, 0) is 10.2 Å². The Labute approximate surface area is 183 Å². The standard InChI is InChI=1S/C24H21BrN2O3/c25-8-1-9-30-16-3-5-17-19(13-16)24(6-10-29-11-7-24)23-21(22(17)28)18-4-2-15(14-26)12-20(18)27-23/h2-5,12-13,27H,1,6-11H2. The van der Waals surface area contributed by atoms with Gasteiger partial charge in [0.2, 0.25) is 0 Å². The fraction of sp³-hybridized carbons (Fsp3) is 0.333. The van der Waals surface area contributed by atoms with Gasteiger partial charge in [0.25, 0.3) is 0 Å². The van der Waals surface area contributed by atoms with E-state index in [0.29, 0.717) is 25.4 Å². The molecule has 6 heteroatoms. The zero-order valence-electron chi connectivity index (χ0n) is 16.5. The van der Waals surface area contributed by atoms with Crippen molar-refractivity contribution in [1.82, 2.24) is 4.98 Å². The van der Waals surface area contributed by atoms with E-state index in [1.807, 2.05) is 30.3 Å². The number of nitrogens with one attached hydrogen (secondary N) is 1. The number of aromatic nitrogens is 1. The van der Waals surface area contributed by atoms with Crippen LogP contribution in [-0.4, -0.2) is 35.9 Å². The number of rotatable bonds is 4. The molecule has 5 rings (SSSR count). The van der Waals surface area contributed by atoms with Crippen LogP contribution in [0.3, 0.4) is 0 Å². The molecule has 0 saturated carbocycles. The van der Waals surface area contributed by atoms with Crippen LogP contribution in [0.25, 0.3) is 10.9 Å². The largest absolute Gasteiger partial charge is 0.494 e. The molecule has 0 atom stereocenters. The molecule has 1 spiro atoms. The molecule has 3 aromatic rings. The molecule has 1 aliphatic carbocycles. The van der Waals surface area contributed by atoms with Crippen LogP contribution in [0, 0.1) is 11.3 Å². The minimum absolute atomic E-state index is 0.0279. The van der Waals surface area contributed by atoms with Crippen molar-refractivity contribution in [2.24, 2.45) is 0 Å². The van der Waals surface area contributed by atoms with Crippen molar-refractivity contribution in [3.63, 3.8) is 0 Å². The highest BCUT2D eigenvalue weighted by Gasteiger charge is 2.47. The van der Waals surface area contributed by atoms with E-state index in [0.717, 1.165) is 63.6 Å². The van der Waals surface area contributed by atoms with Gasteiger partial charge in [0.1, 0.15) is 5.75 Å². The van der Waals surface area contributed by atoms with Gasteiger partial charge >= 0.3 is 0 Å². The molecular formula is C24H21BrN2O3. The van der Waals surface area contributed by atoms with E-state index in [1.165, 1.54) is 0 Å². The second-order valence-corrected chi connectivity index (χ2v) is 8.66. The molecule has 5 nitrogen and oxygen atoms in total. The van der Waals surface area contributed by atoms with Crippen molar-refractivity contribution in [2.45, 2.75) is 24.7 Å². The number of aromatic amines is 1. The summed E-state index contributed by atoms with van der Waals surface area (Å²) in [4.78, 5) is 17.1. The van der Waals surface area contributed by atoms with Gasteiger partial charge in [-0.25, -0.2) is 0 Å². The molecule has 1 fully saturated rings. The molecule has 30 heavy (non-hydrogen) atoms. The summed E-state index contributed by atoms with van der Waals surface area (Å²) in [6.07, 6.45) is 2.51. The Morgan fingerprint density at radius 2 is 2.03 bits per heavy atom. The molecule has 1 aromatic heterocycles. The maximum absolute atomic E-state index is 13.6. The SMILES string of the molecule is N#Cc1ccc2c3c([nH]c2c1)C1(CCOCC1)c1cc(OCCCBr)ccc1C3=O. The van der Waals surface area contributed by atoms with Gasteiger partial charge in [-0.05, 0) is 55.2 Å². The first-order chi connectivity index (χ1) is 14.7. The second kappa shape index (κ2) is 7.57. The van der Waals surface area contributed by atoms with Gasteiger partial charge in [0, 0.05) is 46.1 Å². The number of nitriles is 1.